The Labute approximate surface area is 118 Å². The highest BCUT2D eigenvalue weighted by Gasteiger charge is 2.38. The Morgan fingerprint density at radius 2 is 2.22 bits per heavy atom. The van der Waals surface area contributed by atoms with Crippen molar-refractivity contribution in [2.75, 3.05) is 0 Å². The number of fused-ring (bicyclic) bond motifs is 1. The van der Waals surface area contributed by atoms with E-state index in [0.717, 1.165) is 17.0 Å². The van der Waals surface area contributed by atoms with E-state index in [-0.39, 0.29) is 0 Å². The molecule has 1 heterocycles. The average Bonchev–Trinajstić information content (AvgIpc) is 2.94. The van der Waals surface area contributed by atoms with Gasteiger partial charge in [0.15, 0.2) is 0 Å². The molecule has 1 aliphatic rings. The summed E-state index contributed by atoms with van der Waals surface area (Å²) >= 11 is 2.32. The zero-order valence-corrected chi connectivity index (χ0v) is 12.2. The van der Waals surface area contributed by atoms with Crippen molar-refractivity contribution in [3.8, 4) is 0 Å². The molecule has 0 unspecified atom stereocenters. The fourth-order valence-corrected chi connectivity index (χ4v) is 3.04. The number of benzene rings is 1. The molecule has 2 aromatic rings. The van der Waals surface area contributed by atoms with Crippen molar-refractivity contribution in [2.45, 2.75) is 12.8 Å². The molecule has 0 aliphatic heterocycles. The maximum atomic E-state index is 8.77. The van der Waals surface area contributed by atoms with Crippen LogP contribution in [0.1, 0.15) is 34.0 Å². The van der Waals surface area contributed by atoms with Gasteiger partial charge in [0.25, 0.3) is 0 Å². The van der Waals surface area contributed by atoms with E-state index in [9.17, 15) is 0 Å². The second-order valence-electron chi connectivity index (χ2n) is 4.46. The molecule has 1 aromatic heterocycles. The Kier molecular flexibility index (Phi) is 2.65. The second-order valence-corrected chi connectivity index (χ2v) is 5.70. The first-order valence-electron chi connectivity index (χ1n) is 5.63. The van der Waals surface area contributed by atoms with E-state index in [2.05, 4.69) is 51.0 Å². The molecule has 0 spiro atoms. The third-order valence-corrected chi connectivity index (χ3v) is 4.03. The van der Waals surface area contributed by atoms with E-state index in [1.165, 1.54) is 20.9 Å². The van der Waals surface area contributed by atoms with Crippen LogP contribution in [-0.2, 0) is 7.05 Å². The van der Waals surface area contributed by atoms with Crippen LogP contribution in [0.5, 0.6) is 0 Å². The second kappa shape index (κ2) is 4.08. The van der Waals surface area contributed by atoms with Gasteiger partial charge in [-0.1, -0.05) is 11.2 Å². The summed E-state index contributed by atoms with van der Waals surface area (Å²) in [6, 6.07) is 6.47. The highest BCUT2D eigenvalue weighted by molar-refractivity contribution is 14.1. The largest absolute Gasteiger partial charge is 0.411 e. The lowest BCUT2D eigenvalue weighted by molar-refractivity contribution is 0.322. The number of halogens is 1. The molecular weight excluding hydrogens is 341 g/mol. The van der Waals surface area contributed by atoms with Gasteiger partial charge in [0.1, 0.15) is 0 Å². The molecule has 4 nitrogen and oxygen atoms in total. The van der Waals surface area contributed by atoms with Crippen molar-refractivity contribution in [3.05, 3.63) is 49.8 Å². The Morgan fingerprint density at radius 1 is 1.44 bits per heavy atom. The van der Waals surface area contributed by atoms with Crippen LogP contribution >= 0.6 is 22.6 Å². The van der Waals surface area contributed by atoms with Crippen LogP contribution in [0.4, 0.5) is 0 Å². The Hall–Kier alpha value is -1.37. The van der Waals surface area contributed by atoms with Gasteiger partial charge in [-0.05, 0) is 52.8 Å². The van der Waals surface area contributed by atoms with Gasteiger partial charge in [0, 0.05) is 16.2 Å². The van der Waals surface area contributed by atoms with Crippen molar-refractivity contribution < 1.29 is 5.21 Å². The Bertz CT molecular complexity index is 660. The maximum Gasteiger partial charge on any atom is 0.0771 e. The molecule has 18 heavy (non-hydrogen) atoms. The molecule has 0 fully saturated rings. The van der Waals surface area contributed by atoms with Gasteiger partial charge in [-0.15, -0.1) is 0 Å². The molecule has 1 atom stereocenters. The summed E-state index contributed by atoms with van der Waals surface area (Å²) in [4.78, 5) is 0. The Morgan fingerprint density at radius 3 is 2.89 bits per heavy atom. The van der Waals surface area contributed by atoms with E-state index >= 15 is 0 Å². The molecule has 1 aromatic carbocycles. The van der Waals surface area contributed by atoms with Crippen molar-refractivity contribution in [1.29, 1.82) is 0 Å². The standard InChI is InChI=1S/C13H12IN3O/c1-7-11(6-15-18)13(17(2)16-7)12-9-4-3-8(14)5-10(9)12/h3-6,12,18H,1-2H3/b15-6+/t12-/m0/s1. The van der Waals surface area contributed by atoms with Crippen molar-refractivity contribution in [1.82, 2.24) is 9.78 Å². The lowest BCUT2D eigenvalue weighted by atomic mass is 10.1. The van der Waals surface area contributed by atoms with Crippen LogP contribution in [0.2, 0.25) is 0 Å². The summed E-state index contributed by atoms with van der Waals surface area (Å²) in [6.07, 6.45) is 1.47. The monoisotopic (exact) mass is 353 g/mol. The van der Waals surface area contributed by atoms with Crippen LogP contribution in [0, 0.1) is 10.5 Å². The first-order valence-corrected chi connectivity index (χ1v) is 6.71. The third-order valence-electron chi connectivity index (χ3n) is 3.36. The topological polar surface area (TPSA) is 50.4 Å². The fourth-order valence-electron chi connectivity index (χ4n) is 2.53. The van der Waals surface area contributed by atoms with Crippen molar-refractivity contribution in [2.24, 2.45) is 12.2 Å². The first kappa shape index (κ1) is 11.7. The fraction of sp³-hybridized carbons (Fsp3) is 0.231. The van der Waals surface area contributed by atoms with Crippen LogP contribution in [0.3, 0.4) is 0 Å². The SMILES string of the molecule is Cc1nn(C)c([C@H]2c3ccc(I)cc32)c1/C=N/O. The highest BCUT2D eigenvalue weighted by Crippen LogP contribution is 2.49. The molecule has 0 saturated heterocycles. The zero-order chi connectivity index (χ0) is 12.9. The molecule has 3 rings (SSSR count). The lowest BCUT2D eigenvalue weighted by Gasteiger charge is -2.00. The summed E-state index contributed by atoms with van der Waals surface area (Å²) in [5.41, 5.74) is 5.58. The number of hydrogen-bond acceptors (Lipinski definition) is 3. The average molecular weight is 353 g/mol. The van der Waals surface area contributed by atoms with E-state index in [1.807, 2.05) is 18.7 Å². The minimum atomic E-state index is 0.299. The number of nitrogens with zero attached hydrogens (tertiary/aromatic N) is 3. The maximum absolute atomic E-state index is 8.77. The molecule has 92 valence electrons. The summed E-state index contributed by atoms with van der Waals surface area (Å²) in [7, 11) is 1.93. The molecule has 0 saturated carbocycles. The normalized spacial score (nSPS) is 17.2. The van der Waals surface area contributed by atoms with E-state index in [0.29, 0.717) is 5.92 Å². The smallest absolute Gasteiger partial charge is 0.0771 e. The predicted octanol–water partition coefficient (Wildman–Crippen LogP) is 2.63. The van der Waals surface area contributed by atoms with Crippen LogP contribution in [0.15, 0.2) is 23.4 Å². The quantitative estimate of drug-likeness (QED) is 0.333. The molecule has 1 N–H and O–H groups in total. The minimum Gasteiger partial charge on any atom is -0.411 e. The highest BCUT2D eigenvalue weighted by atomic mass is 127. The molecule has 0 amide bonds. The van der Waals surface area contributed by atoms with Crippen LogP contribution < -0.4 is 0 Å². The molecular formula is C13H12IN3O. The van der Waals surface area contributed by atoms with Crippen LogP contribution in [0.25, 0.3) is 0 Å². The summed E-state index contributed by atoms with van der Waals surface area (Å²) in [5.74, 6) is 0.299. The lowest BCUT2D eigenvalue weighted by Crippen LogP contribution is -1.99. The number of oxime groups is 1. The summed E-state index contributed by atoms with van der Waals surface area (Å²) < 4.78 is 3.12. The first-order chi connectivity index (χ1) is 8.63. The number of aromatic nitrogens is 2. The van der Waals surface area contributed by atoms with E-state index in [4.69, 9.17) is 5.21 Å². The summed E-state index contributed by atoms with van der Waals surface area (Å²) in [5, 5.41) is 16.3. The number of hydrogen-bond donors (Lipinski definition) is 1. The number of aryl methyl sites for hydroxylation is 2. The van der Waals surface area contributed by atoms with Gasteiger partial charge in [-0.2, -0.15) is 5.10 Å². The van der Waals surface area contributed by atoms with Gasteiger partial charge in [0.05, 0.1) is 23.5 Å². The van der Waals surface area contributed by atoms with Crippen LogP contribution in [-0.4, -0.2) is 21.2 Å². The van der Waals surface area contributed by atoms with E-state index in [1.54, 1.807) is 0 Å². The number of rotatable bonds is 2. The molecule has 5 heteroatoms. The summed E-state index contributed by atoms with van der Waals surface area (Å²) in [6.45, 7) is 1.93. The van der Waals surface area contributed by atoms with Gasteiger partial charge in [0.2, 0.25) is 0 Å². The molecule has 0 radical (unpaired) electrons. The van der Waals surface area contributed by atoms with Crippen molar-refractivity contribution >= 4 is 28.8 Å². The van der Waals surface area contributed by atoms with Gasteiger partial charge in [-0.25, -0.2) is 0 Å². The zero-order valence-electron chi connectivity index (χ0n) is 10.1. The Balaban J connectivity index is 2.10. The van der Waals surface area contributed by atoms with Crippen molar-refractivity contribution in [3.63, 3.8) is 0 Å². The third kappa shape index (κ3) is 1.65. The molecule has 0 bridgehead atoms. The van der Waals surface area contributed by atoms with Gasteiger partial charge >= 0.3 is 0 Å². The van der Waals surface area contributed by atoms with E-state index < -0.39 is 0 Å². The minimum absolute atomic E-state index is 0.299. The van der Waals surface area contributed by atoms with Gasteiger partial charge in [-0.3, -0.25) is 4.68 Å². The van der Waals surface area contributed by atoms with Gasteiger partial charge < -0.3 is 5.21 Å². The predicted molar refractivity (Wildman–Crippen MR) is 77.4 cm³/mol. The molecule has 1 aliphatic carbocycles.